The highest BCUT2D eigenvalue weighted by Gasteiger charge is 2.21. The molecular weight excluding hydrogens is 447 g/mol. The maximum Gasteiger partial charge on any atom is 0.190 e. The van der Waals surface area contributed by atoms with Gasteiger partial charge in [-0.1, -0.05) is 13.0 Å². The van der Waals surface area contributed by atoms with Crippen LogP contribution in [0.15, 0.2) is 22.5 Å². The van der Waals surface area contributed by atoms with Gasteiger partial charge in [-0.3, -0.25) is 9.89 Å². The number of ether oxygens (including phenoxy) is 1. The molecule has 1 fully saturated rings. The van der Waals surface area contributed by atoms with Crippen LogP contribution in [0.3, 0.4) is 0 Å². The molecule has 1 aromatic rings. The SMILES string of the molecule is CN=C(NCCCN1CC(C)OC(C)C1)NCC(C)c1cccs1.I. The number of nitrogens with one attached hydrogen (secondary N) is 2. The van der Waals surface area contributed by atoms with Gasteiger partial charge in [-0.15, -0.1) is 35.3 Å². The second-order valence-corrected chi connectivity index (χ2v) is 7.65. The zero-order chi connectivity index (χ0) is 17.4. The fraction of sp³-hybridized carbons (Fsp3) is 0.722. The van der Waals surface area contributed by atoms with Crippen LogP contribution in [0.1, 0.15) is 38.0 Å². The third-order valence-electron chi connectivity index (χ3n) is 4.27. The summed E-state index contributed by atoms with van der Waals surface area (Å²) in [5.41, 5.74) is 0. The van der Waals surface area contributed by atoms with Gasteiger partial charge in [0.05, 0.1) is 12.2 Å². The number of hydrogen-bond donors (Lipinski definition) is 2. The average molecular weight is 480 g/mol. The Hall–Kier alpha value is -0.380. The number of thiophene rings is 1. The van der Waals surface area contributed by atoms with E-state index in [0.29, 0.717) is 18.1 Å². The first-order valence-corrected chi connectivity index (χ1v) is 9.82. The van der Waals surface area contributed by atoms with E-state index in [1.165, 1.54) is 4.88 Å². The number of guanidine groups is 1. The normalized spacial score (nSPS) is 23.0. The van der Waals surface area contributed by atoms with Crippen molar-refractivity contribution in [2.75, 3.05) is 39.8 Å². The van der Waals surface area contributed by atoms with E-state index in [4.69, 9.17) is 4.74 Å². The molecule has 1 aliphatic rings. The first-order chi connectivity index (χ1) is 11.6. The smallest absolute Gasteiger partial charge is 0.190 e. The lowest BCUT2D eigenvalue weighted by Gasteiger charge is -2.35. The van der Waals surface area contributed by atoms with E-state index < -0.39 is 0 Å². The van der Waals surface area contributed by atoms with Crippen molar-refractivity contribution in [1.29, 1.82) is 0 Å². The van der Waals surface area contributed by atoms with Crippen LogP contribution in [0.4, 0.5) is 0 Å². The third kappa shape index (κ3) is 8.23. The molecule has 0 bridgehead atoms. The Balaban J connectivity index is 0.00000312. The first-order valence-electron chi connectivity index (χ1n) is 8.94. The minimum Gasteiger partial charge on any atom is -0.373 e. The molecular formula is C18H33IN4OS. The van der Waals surface area contributed by atoms with E-state index >= 15 is 0 Å². The van der Waals surface area contributed by atoms with Gasteiger partial charge in [0.25, 0.3) is 0 Å². The molecule has 0 aliphatic carbocycles. The van der Waals surface area contributed by atoms with Gasteiger partial charge in [-0.25, -0.2) is 0 Å². The van der Waals surface area contributed by atoms with Crippen molar-refractivity contribution in [2.24, 2.45) is 4.99 Å². The van der Waals surface area contributed by atoms with Crippen LogP contribution in [0.5, 0.6) is 0 Å². The van der Waals surface area contributed by atoms with Crippen molar-refractivity contribution in [2.45, 2.75) is 45.3 Å². The number of hydrogen-bond acceptors (Lipinski definition) is 4. The summed E-state index contributed by atoms with van der Waals surface area (Å²) < 4.78 is 5.78. The standard InChI is InChI=1S/C18H32N4OS.HI/c1-14(17-7-5-10-24-17)11-21-18(19-4)20-8-6-9-22-12-15(2)23-16(3)13-22;/h5,7,10,14-16H,6,8-9,11-13H2,1-4H3,(H2,19,20,21);1H. The summed E-state index contributed by atoms with van der Waals surface area (Å²) in [6.07, 6.45) is 1.80. The molecule has 0 spiro atoms. The summed E-state index contributed by atoms with van der Waals surface area (Å²) in [4.78, 5) is 8.22. The predicted molar refractivity (Wildman–Crippen MR) is 119 cm³/mol. The van der Waals surface area contributed by atoms with E-state index in [0.717, 1.165) is 45.1 Å². The second kappa shape index (κ2) is 12.1. The summed E-state index contributed by atoms with van der Waals surface area (Å²) in [6.45, 7) is 11.6. The fourth-order valence-electron chi connectivity index (χ4n) is 3.12. The molecule has 5 nitrogen and oxygen atoms in total. The monoisotopic (exact) mass is 480 g/mol. The van der Waals surface area contributed by atoms with Crippen molar-refractivity contribution in [1.82, 2.24) is 15.5 Å². The van der Waals surface area contributed by atoms with Crippen molar-refractivity contribution < 1.29 is 4.74 Å². The lowest BCUT2D eigenvalue weighted by Crippen LogP contribution is -2.46. The summed E-state index contributed by atoms with van der Waals surface area (Å²) in [5.74, 6) is 1.39. The minimum atomic E-state index is 0. The highest BCUT2D eigenvalue weighted by Crippen LogP contribution is 2.19. The molecule has 25 heavy (non-hydrogen) atoms. The van der Waals surface area contributed by atoms with Gasteiger partial charge in [-0.05, 0) is 31.7 Å². The quantitative estimate of drug-likeness (QED) is 0.273. The molecule has 0 saturated carbocycles. The molecule has 3 unspecified atom stereocenters. The van der Waals surface area contributed by atoms with Crippen LogP contribution in [0, 0.1) is 0 Å². The Morgan fingerprint density at radius 2 is 2.08 bits per heavy atom. The highest BCUT2D eigenvalue weighted by atomic mass is 127. The average Bonchev–Trinajstić information content (AvgIpc) is 3.07. The van der Waals surface area contributed by atoms with Crippen LogP contribution in [0.2, 0.25) is 0 Å². The van der Waals surface area contributed by atoms with E-state index in [-0.39, 0.29) is 24.0 Å². The molecule has 1 aliphatic heterocycles. The number of nitrogens with zero attached hydrogens (tertiary/aromatic N) is 2. The van der Waals surface area contributed by atoms with Gasteiger partial charge in [0.15, 0.2) is 5.96 Å². The molecule has 2 heterocycles. The summed E-state index contributed by atoms with van der Waals surface area (Å²) in [6, 6.07) is 4.30. The van der Waals surface area contributed by atoms with Crippen molar-refractivity contribution in [3.63, 3.8) is 0 Å². The summed E-state index contributed by atoms with van der Waals surface area (Å²) >= 11 is 1.81. The Bertz CT molecular complexity index is 487. The third-order valence-corrected chi connectivity index (χ3v) is 5.37. The Kier molecular flexibility index (Phi) is 11.0. The van der Waals surface area contributed by atoms with Crippen molar-refractivity contribution in [3.8, 4) is 0 Å². The van der Waals surface area contributed by atoms with Crippen LogP contribution < -0.4 is 10.6 Å². The van der Waals surface area contributed by atoms with E-state index in [1.807, 2.05) is 18.4 Å². The summed E-state index contributed by atoms with van der Waals surface area (Å²) in [5, 5.41) is 8.97. The highest BCUT2D eigenvalue weighted by molar-refractivity contribution is 14.0. The van der Waals surface area contributed by atoms with E-state index in [1.54, 1.807) is 0 Å². The number of morpholine rings is 1. The molecule has 0 aromatic carbocycles. The topological polar surface area (TPSA) is 48.9 Å². The van der Waals surface area contributed by atoms with Gasteiger partial charge in [0.1, 0.15) is 0 Å². The molecule has 144 valence electrons. The Morgan fingerprint density at radius 3 is 2.68 bits per heavy atom. The van der Waals surface area contributed by atoms with Crippen LogP contribution in [-0.2, 0) is 4.74 Å². The van der Waals surface area contributed by atoms with Crippen LogP contribution >= 0.6 is 35.3 Å². The van der Waals surface area contributed by atoms with Gasteiger partial charge >= 0.3 is 0 Å². The first kappa shape index (κ1) is 22.7. The molecule has 1 aromatic heterocycles. The zero-order valence-electron chi connectivity index (χ0n) is 15.8. The zero-order valence-corrected chi connectivity index (χ0v) is 19.0. The molecule has 0 radical (unpaired) electrons. The molecule has 3 atom stereocenters. The molecule has 1 saturated heterocycles. The second-order valence-electron chi connectivity index (χ2n) is 6.67. The lowest BCUT2D eigenvalue weighted by molar-refractivity contribution is -0.0679. The van der Waals surface area contributed by atoms with E-state index in [2.05, 4.69) is 58.8 Å². The maximum atomic E-state index is 5.78. The van der Waals surface area contributed by atoms with Gasteiger partial charge < -0.3 is 15.4 Å². The largest absolute Gasteiger partial charge is 0.373 e. The van der Waals surface area contributed by atoms with Gasteiger partial charge in [0, 0.05) is 50.6 Å². The van der Waals surface area contributed by atoms with Gasteiger partial charge in [0.2, 0.25) is 0 Å². The molecule has 7 heteroatoms. The summed E-state index contributed by atoms with van der Waals surface area (Å²) in [7, 11) is 1.83. The van der Waals surface area contributed by atoms with Gasteiger partial charge in [-0.2, -0.15) is 0 Å². The lowest BCUT2D eigenvalue weighted by atomic mass is 10.1. The molecule has 2 N–H and O–H groups in total. The number of rotatable bonds is 7. The van der Waals surface area contributed by atoms with Crippen LogP contribution in [0.25, 0.3) is 0 Å². The maximum absolute atomic E-state index is 5.78. The predicted octanol–water partition coefficient (Wildman–Crippen LogP) is 3.13. The fourth-order valence-corrected chi connectivity index (χ4v) is 3.91. The minimum absolute atomic E-state index is 0. The molecule has 2 rings (SSSR count). The van der Waals surface area contributed by atoms with Crippen molar-refractivity contribution >= 4 is 41.3 Å². The molecule has 0 amide bonds. The Labute approximate surface area is 173 Å². The number of halogens is 1. The Morgan fingerprint density at radius 1 is 1.36 bits per heavy atom. The van der Waals surface area contributed by atoms with Crippen molar-refractivity contribution in [3.05, 3.63) is 22.4 Å². The van der Waals surface area contributed by atoms with E-state index in [9.17, 15) is 0 Å². The van der Waals surface area contributed by atoms with Crippen LogP contribution in [-0.4, -0.2) is 62.8 Å². The number of aliphatic imine (C=N–C) groups is 1.